The number of aromatic nitrogens is 2. The van der Waals surface area contributed by atoms with E-state index < -0.39 is 0 Å². The normalized spacial score (nSPS) is 16.6. The number of hydrogen-bond donors (Lipinski definition) is 1. The molecule has 0 radical (unpaired) electrons. The molecule has 16 heavy (non-hydrogen) atoms. The molecule has 4 heteroatoms. The lowest BCUT2D eigenvalue weighted by atomic mass is 9.93. The highest BCUT2D eigenvalue weighted by molar-refractivity contribution is 6.29. The average Bonchev–Trinajstić information content (AvgIpc) is 2.61. The van der Waals surface area contributed by atoms with Crippen molar-refractivity contribution in [3.63, 3.8) is 0 Å². The Bertz CT molecular complexity index is 502. The van der Waals surface area contributed by atoms with Gasteiger partial charge in [-0.3, -0.25) is 4.40 Å². The first-order valence-corrected chi connectivity index (χ1v) is 6.06. The molecule has 1 fully saturated rings. The fourth-order valence-electron chi connectivity index (χ4n) is 2.04. The van der Waals surface area contributed by atoms with E-state index in [0.717, 1.165) is 23.0 Å². The molecule has 0 bridgehead atoms. The van der Waals surface area contributed by atoms with Crippen molar-refractivity contribution >= 4 is 17.2 Å². The van der Waals surface area contributed by atoms with E-state index >= 15 is 0 Å². The Morgan fingerprint density at radius 2 is 2.31 bits per heavy atom. The standard InChI is InChI=1S/C12H14ClN3/c13-11-5-2-6-12-15-8-10(16(11)12)7-14-9-3-1-4-9/h2,5-6,8-9,14H,1,3-4,7H2. The number of pyridine rings is 1. The van der Waals surface area contributed by atoms with Gasteiger partial charge in [0, 0.05) is 12.6 Å². The van der Waals surface area contributed by atoms with Gasteiger partial charge in [-0.2, -0.15) is 0 Å². The van der Waals surface area contributed by atoms with Crippen LogP contribution in [0.3, 0.4) is 0 Å². The number of nitrogens with zero attached hydrogens (tertiary/aromatic N) is 2. The van der Waals surface area contributed by atoms with Gasteiger partial charge in [0.15, 0.2) is 0 Å². The zero-order chi connectivity index (χ0) is 11.0. The van der Waals surface area contributed by atoms with Crippen LogP contribution in [0.25, 0.3) is 5.65 Å². The van der Waals surface area contributed by atoms with Crippen LogP contribution >= 0.6 is 11.6 Å². The van der Waals surface area contributed by atoms with E-state index in [-0.39, 0.29) is 0 Å². The second-order valence-electron chi connectivity index (χ2n) is 4.30. The summed E-state index contributed by atoms with van der Waals surface area (Å²) >= 11 is 6.16. The fraction of sp³-hybridized carbons (Fsp3) is 0.417. The highest BCUT2D eigenvalue weighted by atomic mass is 35.5. The molecule has 1 saturated carbocycles. The number of imidazole rings is 1. The summed E-state index contributed by atoms with van der Waals surface area (Å²) in [5.41, 5.74) is 2.05. The lowest BCUT2D eigenvalue weighted by Crippen LogP contribution is -2.34. The second-order valence-corrected chi connectivity index (χ2v) is 4.69. The third-order valence-corrected chi connectivity index (χ3v) is 3.53. The Hall–Kier alpha value is -1.06. The average molecular weight is 236 g/mol. The number of hydrogen-bond acceptors (Lipinski definition) is 2. The highest BCUT2D eigenvalue weighted by Gasteiger charge is 2.17. The quantitative estimate of drug-likeness (QED) is 0.829. The third-order valence-electron chi connectivity index (χ3n) is 3.23. The molecular formula is C12H14ClN3. The first-order valence-electron chi connectivity index (χ1n) is 5.69. The molecule has 2 aromatic heterocycles. The lowest BCUT2D eigenvalue weighted by Gasteiger charge is -2.26. The first-order chi connectivity index (χ1) is 7.84. The molecule has 84 valence electrons. The summed E-state index contributed by atoms with van der Waals surface area (Å²) in [6.07, 6.45) is 5.84. The van der Waals surface area contributed by atoms with E-state index in [1.165, 1.54) is 19.3 Å². The highest BCUT2D eigenvalue weighted by Crippen LogP contribution is 2.19. The molecule has 0 amide bonds. The smallest absolute Gasteiger partial charge is 0.138 e. The van der Waals surface area contributed by atoms with Gasteiger partial charge in [-0.1, -0.05) is 24.1 Å². The van der Waals surface area contributed by atoms with Crippen LogP contribution in [-0.2, 0) is 6.54 Å². The van der Waals surface area contributed by atoms with Crippen molar-refractivity contribution in [3.05, 3.63) is 35.2 Å². The summed E-state index contributed by atoms with van der Waals surface area (Å²) in [7, 11) is 0. The Morgan fingerprint density at radius 1 is 1.44 bits per heavy atom. The molecule has 0 aliphatic heterocycles. The molecule has 1 N–H and O–H groups in total. The van der Waals surface area contributed by atoms with E-state index in [4.69, 9.17) is 11.6 Å². The van der Waals surface area contributed by atoms with Gasteiger partial charge >= 0.3 is 0 Å². The summed E-state index contributed by atoms with van der Waals surface area (Å²) in [5.74, 6) is 0. The van der Waals surface area contributed by atoms with E-state index in [1.54, 1.807) is 0 Å². The van der Waals surface area contributed by atoms with Crippen LogP contribution in [0.5, 0.6) is 0 Å². The van der Waals surface area contributed by atoms with Crippen molar-refractivity contribution in [3.8, 4) is 0 Å². The summed E-state index contributed by atoms with van der Waals surface area (Å²) in [6.45, 7) is 0.843. The number of rotatable bonds is 3. The zero-order valence-electron chi connectivity index (χ0n) is 8.99. The maximum atomic E-state index is 6.16. The summed E-state index contributed by atoms with van der Waals surface area (Å²) in [6, 6.07) is 6.48. The molecular weight excluding hydrogens is 222 g/mol. The summed E-state index contributed by atoms with van der Waals surface area (Å²) in [4.78, 5) is 4.34. The molecule has 0 aromatic carbocycles. The SMILES string of the molecule is Clc1cccc2ncc(CNC3CCC3)n12. The van der Waals surface area contributed by atoms with Gasteiger partial charge in [0.25, 0.3) is 0 Å². The lowest BCUT2D eigenvalue weighted by molar-refractivity contribution is 0.336. The van der Waals surface area contributed by atoms with Gasteiger partial charge in [-0.15, -0.1) is 0 Å². The van der Waals surface area contributed by atoms with Crippen molar-refractivity contribution in [1.29, 1.82) is 0 Å². The number of fused-ring (bicyclic) bond motifs is 1. The van der Waals surface area contributed by atoms with Gasteiger partial charge in [-0.25, -0.2) is 4.98 Å². The fourth-order valence-corrected chi connectivity index (χ4v) is 2.31. The van der Waals surface area contributed by atoms with Crippen molar-refractivity contribution in [1.82, 2.24) is 14.7 Å². The van der Waals surface area contributed by atoms with E-state index in [0.29, 0.717) is 6.04 Å². The van der Waals surface area contributed by atoms with Crippen molar-refractivity contribution in [2.24, 2.45) is 0 Å². The Balaban J connectivity index is 1.85. The van der Waals surface area contributed by atoms with Crippen molar-refractivity contribution in [2.75, 3.05) is 0 Å². The molecule has 3 rings (SSSR count). The van der Waals surface area contributed by atoms with E-state index in [2.05, 4.69) is 10.3 Å². The van der Waals surface area contributed by atoms with Gasteiger partial charge in [0.2, 0.25) is 0 Å². The van der Waals surface area contributed by atoms with Crippen LogP contribution in [0.2, 0.25) is 5.15 Å². The summed E-state index contributed by atoms with van der Waals surface area (Å²) in [5, 5.41) is 4.24. The van der Waals surface area contributed by atoms with Crippen LogP contribution in [0.1, 0.15) is 25.0 Å². The predicted octanol–water partition coefficient (Wildman–Crippen LogP) is 2.63. The van der Waals surface area contributed by atoms with Gasteiger partial charge in [-0.05, 0) is 25.0 Å². The van der Waals surface area contributed by atoms with Crippen LogP contribution in [0, 0.1) is 0 Å². The molecule has 0 unspecified atom stereocenters. The van der Waals surface area contributed by atoms with Gasteiger partial charge in [0.1, 0.15) is 10.8 Å². The first kappa shape index (κ1) is 10.1. The van der Waals surface area contributed by atoms with Crippen LogP contribution in [-0.4, -0.2) is 15.4 Å². The maximum absolute atomic E-state index is 6.16. The van der Waals surface area contributed by atoms with Crippen molar-refractivity contribution < 1.29 is 0 Å². The zero-order valence-corrected chi connectivity index (χ0v) is 9.74. The third kappa shape index (κ3) is 1.70. The topological polar surface area (TPSA) is 29.3 Å². The number of nitrogens with one attached hydrogen (secondary N) is 1. The Morgan fingerprint density at radius 3 is 3.06 bits per heavy atom. The molecule has 0 spiro atoms. The Labute approximate surface area is 99.4 Å². The minimum Gasteiger partial charge on any atom is -0.308 e. The van der Waals surface area contributed by atoms with Crippen LogP contribution < -0.4 is 5.32 Å². The Kier molecular flexibility index (Phi) is 2.58. The number of halogens is 1. The van der Waals surface area contributed by atoms with Crippen LogP contribution in [0.4, 0.5) is 0 Å². The molecule has 2 heterocycles. The van der Waals surface area contributed by atoms with Gasteiger partial charge < -0.3 is 5.32 Å². The van der Waals surface area contributed by atoms with Crippen molar-refractivity contribution in [2.45, 2.75) is 31.8 Å². The molecule has 0 atom stereocenters. The molecule has 1 aliphatic rings. The summed E-state index contributed by atoms with van der Waals surface area (Å²) < 4.78 is 1.99. The predicted molar refractivity (Wildman–Crippen MR) is 64.7 cm³/mol. The maximum Gasteiger partial charge on any atom is 0.138 e. The van der Waals surface area contributed by atoms with Gasteiger partial charge in [0.05, 0.1) is 11.9 Å². The van der Waals surface area contributed by atoms with E-state index in [9.17, 15) is 0 Å². The minimum atomic E-state index is 0.688. The second kappa shape index (κ2) is 4.07. The molecule has 0 saturated heterocycles. The van der Waals surface area contributed by atoms with Crippen LogP contribution in [0.15, 0.2) is 24.4 Å². The monoisotopic (exact) mass is 235 g/mol. The minimum absolute atomic E-state index is 0.688. The molecule has 3 nitrogen and oxygen atoms in total. The molecule has 1 aliphatic carbocycles. The largest absolute Gasteiger partial charge is 0.308 e. The van der Waals surface area contributed by atoms with E-state index in [1.807, 2.05) is 28.8 Å². The molecule has 2 aromatic rings.